The maximum Gasteiger partial charge on any atom is 0.219 e. The summed E-state index contributed by atoms with van der Waals surface area (Å²) in [6, 6.07) is 13.6. The number of likely N-dealkylation sites (tertiary alicyclic amines) is 1. The predicted molar refractivity (Wildman–Crippen MR) is 98.5 cm³/mol. The van der Waals surface area contributed by atoms with E-state index in [0.717, 1.165) is 10.0 Å². The molecule has 1 aliphatic heterocycles. The van der Waals surface area contributed by atoms with E-state index in [9.17, 15) is 14.3 Å². The summed E-state index contributed by atoms with van der Waals surface area (Å²) in [6.45, 7) is 2.82. The SMILES string of the molecule is CC(=O)N1CCC(C(O)(c2ccc(F)cc2)c2ccc(Br)cc2)CC1. The van der Waals surface area contributed by atoms with Crippen LogP contribution in [-0.2, 0) is 10.4 Å². The van der Waals surface area contributed by atoms with Crippen LogP contribution in [0.4, 0.5) is 4.39 Å². The molecule has 0 spiro atoms. The molecule has 3 rings (SSSR count). The molecule has 3 nitrogen and oxygen atoms in total. The number of amides is 1. The number of hydrogen-bond donors (Lipinski definition) is 1. The van der Waals surface area contributed by atoms with Gasteiger partial charge in [0.15, 0.2) is 0 Å². The number of rotatable bonds is 3. The van der Waals surface area contributed by atoms with Gasteiger partial charge in [-0.2, -0.15) is 0 Å². The highest BCUT2D eigenvalue weighted by molar-refractivity contribution is 9.10. The molecule has 1 amide bonds. The summed E-state index contributed by atoms with van der Waals surface area (Å²) in [5.41, 5.74) is 0.248. The zero-order valence-electron chi connectivity index (χ0n) is 14.1. The molecule has 5 heteroatoms. The number of halogens is 2. The maximum atomic E-state index is 13.4. The largest absolute Gasteiger partial charge is 0.380 e. The first-order valence-electron chi connectivity index (χ1n) is 8.41. The van der Waals surface area contributed by atoms with Gasteiger partial charge in [0.25, 0.3) is 0 Å². The van der Waals surface area contributed by atoms with E-state index in [1.54, 1.807) is 19.1 Å². The number of aliphatic hydroxyl groups is 1. The number of piperidine rings is 1. The smallest absolute Gasteiger partial charge is 0.219 e. The summed E-state index contributed by atoms with van der Waals surface area (Å²) < 4.78 is 14.3. The zero-order chi connectivity index (χ0) is 18.0. The van der Waals surface area contributed by atoms with E-state index in [4.69, 9.17) is 0 Å². The van der Waals surface area contributed by atoms with Crippen LogP contribution < -0.4 is 0 Å². The average Bonchev–Trinajstić information content (AvgIpc) is 2.62. The highest BCUT2D eigenvalue weighted by Gasteiger charge is 2.41. The van der Waals surface area contributed by atoms with Crippen molar-refractivity contribution in [3.05, 3.63) is 69.9 Å². The Hall–Kier alpha value is -1.72. The van der Waals surface area contributed by atoms with Crippen molar-refractivity contribution in [3.8, 4) is 0 Å². The molecule has 1 atom stereocenters. The molecule has 0 aromatic heterocycles. The van der Waals surface area contributed by atoms with E-state index in [1.165, 1.54) is 12.1 Å². The molecule has 0 bridgehead atoms. The van der Waals surface area contributed by atoms with Crippen molar-refractivity contribution in [2.45, 2.75) is 25.4 Å². The van der Waals surface area contributed by atoms with Gasteiger partial charge in [-0.15, -0.1) is 0 Å². The third-order valence-corrected chi connectivity index (χ3v) is 5.63. The minimum atomic E-state index is -1.21. The fourth-order valence-corrected chi connectivity index (χ4v) is 3.92. The predicted octanol–water partition coefficient (Wildman–Crippen LogP) is 4.08. The van der Waals surface area contributed by atoms with Crippen LogP contribution in [0, 0.1) is 11.7 Å². The Morgan fingerprint density at radius 1 is 1.08 bits per heavy atom. The third kappa shape index (κ3) is 3.62. The molecule has 132 valence electrons. The van der Waals surface area contributed by atoms with Crippen LogP contribution in [0.2, 0.25) is 0 Å². The summed E-state index contributed by atoms with van der Waals surface area (Å²) in [4.78, 5) is 13.4. The van der Waals surface area contributed by atoms with Gasteiger partial charge in [0.2, 0.25) is 5.91 Å². The van der Waals surface area contributed by atoms with Crippen molar-refractivity contribution in [2.24, 2.45) is 5.92 Å². The second-order valence-corrected chi connectivity index (χ2v) is 7.48. The average molecular weight is 406 g/mol. The topological polar surface area (TPSA) is 40.5 Å². The van der Waals surface area contributed by atoms with Crippen LogP contribution in [0.15, 0.2) is 53.0 Å². The van der Waals surface area contributed by atoms with Gasteiger partial charge < -0.3 is 10.0 Å². The lowest BCUT2D eigenvalue weighted by Crippen LogP contribution is -2.45. The Bertz CT molecular complexity index is 692. The quantitative estimate of drug-likeness (QED) is 0.835. The van der Waals surface area contributed by atoms with Gasteiger partial charge >= 0.3 is 0 Å². The lowest BCUT2D eigenvalue weighted by Gasteiger charge is -2.42. The molecule has 1 N–H and O–H groups in total. The lowest BCUT2D eigenvalue weighted by molar-refractivity contribution is -0.131. The van der Waals surface area contributed by atoms with Gasteiger partial charge in [-0.05, 0) is 54.2 Å². The molecule has 2 aromatic carbocycles. The van der Waals surface area contributed by atoms with Crippen LogP contribution >= 0.6 is 15.9 Å². The second kappa shape index (κ2) is 7.26. The molecule has 0 aliphatic carbocycles. The fourth-order valence-electron chi connectivity index (χ4n) is 3.66. The highest BCUT2D eigenvalue weighted by Crippen LogP contribution is 2.42. The van der Waals surface area contributed by atoms with Gasteiger partial charge in [-0.1, -0.05) is 40.2 Å². The Morgan fingerprint density at radius 3 is 2.04 bits per heavy atom. The lowest BCUT2D eigenvalue weighted by atomic mass is 9.72. The van der Waals surface area contributed by atoms with Crippen molar-refractivity contribution in [1.82, 2.24) is 4.90 Å². The molecule has 0 radical (unpaired) electrons. The van der Waals surface area contributed by atoms with E-state index in [2.05, 4.69) is 15.9 Å². The van der Waals surface area contributed by atoms with E-state index in [1.807, 2.05) is 29.2 Å². The first-order valence-corrected chi connectivity index (χ1v) is 9.20. The van der Waals surface area contributed by atoms with E-state index >= 15 is 0 Å². The molecular formula is C20H21BrFNO2. The Kier molecular flexibility index (Phi) is 5.25. The van der Waals surface area contributed by atoms with Gasteiger partial charge in [-0.3, -0.25) is 4.79 Å². The van der Waals surface area contributed by atoms with Gasteiger partial charge in [0, 0.05) is 24.5 Å². The number of hydrogen-bond acceptors (Lipinski definition) is 2. The zero-order valence-corrected chi connectivity index (χ0v) is 15.7. The van der Waals surface area contributed by atoms with Gasteiger partial charge in [0.1, 0.15) is 11.4 Å². The number of nitrogens with zero attached hydrogens (tertiary/aromatic N) is 1. The molecule has 1 saturated heterocycles. The summed E-state index contributed by atoms with van der Waals surface area (Å²) in [6.07, 6.45) is 1.40. The van der Waals surface area contributed by atoms with Crippen LogP contribution in [0.5, 0.6) is 0 Å². The molecule has 1 aliphatic rings. The van der Waals surface area contributed by atoms with Crippen LogP contribution in [0.25, 0.3) is 0 Å². The molecular weight excluding hydrogens is 385 g/mol. The third-order valence-electron chi connectivity index (χ3n) is 5.10. The van der Waals surface area contributed by atoms with E-state index in [0.29, 0.717) is 31.5 Å². The van der Waals surface area contributed by atoms with Crippen molar-refractivity contribution in [1.29, 1.82) is 0 Å². The molecule has 25 heavy (non-hydrogen) atoms. The van der Waals surface area contributed by atoms with Crippen molar-refractivity contribution < 1.29 is 14.3 Å². The molecule has 2 aromatic rings. The van der Waals surface area contributed by atoms with Crippen LogP contribution in [0.1, 0.15) is 30.9 Å². The maximum absolute atomic E-state index is 13.4. The normalized spacial score (nSPS) is 18.0. The summed E-state index contributed by atoms with van der Waals surface area (Å²) >= 11 is 3.42. The minimum Gasteiger partial charge on any atom is -0.380 e. The summed E-state index contributed by atoms with van der Waals surface area (Å²) in [7, 11) is 0. The number of carbonyl (C=O) groups excluding carboxylic acids is 1. The Labute approximate surface area is 155 Å². The van der Waals surface area contributed by atoms with E-state index < -0.39 is 5.60 Å². The van der Waals surface area contributed by atoms with Gasteiger partial charge in [0.05, 0.1) is 0 Å². The Morgan fingerprint density at radius 2 is 1.56 bits per heavy atom. The fraction of sp³-hybridized carbons (Fsp3) is 0.350. The first kappa shape index (κ1) is 18.1. The molecule has 1 unspecified atom stereocenters. The minimum absolute atomic E-state index is 0.0465. The van der Waals surface area contributed by atoms with Crippen molar-refractivity contribution >= 4 is 21.8 Å². The molecule has 1 heterocycles. The second-order valence-electron chi connectivity index (χ2n) is 6.56. The standard InChI is InChI=1S/C20H21BrFNO2/c1-14(24)23-12-10-17(11-13-23)20(25,15-2-6-18(21)7-3-15)16-4-8-19(22)9-5-16/h2-9,17,25H,10-13H2,1H3. The summed E-state index contributed by atoms with van der Waals surface area (Å²) in [5, 5.41) is 11.7. The monoisotopic (exact) mass is 405 g/mol. The van der Waals surface area contributed by atoms with Crippen molar-refractivity contribution in [3.63, 3.8) is 0 Å². The number of benzene rings is 2. The summed E-state index contributed by atoms with van der Waals surface area (Å²) in [5.74, 6) is -0.310. The highest BCUT2D eigenvalue weighted by atomic mass is 79.9. The number of carbonyl (C=O) groups is 1. The van der Waals surface area contributed by atoms with E-state index in [-0.39, 0.29) is 17.6 Å². The van der Waals surface area contributed by atoms with Crippen LogP contribution in [0.3, 0.4) is 0 Å². The molecule has 0 saturated carbocycles. The molecule has 1 fully saturated rings. The van der Waals surface area contributed by atoms with Gasteiger partial charge in [-0.25, -0.2) is 4.39 Å². The Balaban J connectivity index is 1.99. The first-order chi connectivity index (χ1) is 11.9. The van der Waals surface area contributed by atoms with Crippen molar-refractivity contribution in [2.75, 3.05) is 13.1 Å². The van der Waals surface area contributed by atoms with Crippen LogP contribution in [-0.4, -0.2) is 29.0 Å².